The molecule has 0 fully saturated rings. The van der Waals surface area contributed by atoms with Gasteiger partial charge in [-0.05, 0) is 95.6 Å². The van der Waals surface area contributed by atoms with E-state index in [1.54, 1.807) is 60.7 Å². The molecule has 0 spiro atoms. The molecular formula is C41H35Cl2N9O5. The lowest BCUT2D eigenvalue weighted by Gasteiger charge is -2.33. The molecular weight excluding hydrogens is 769 g/mol. The standard InChI is InChI=1S/C41H35Cl2N9O5/c1-40(2,3)22-41(4,5)23-6-10-26(11-7-23)55-37-44-38(56-27-12-16-33(35(53)20-27)51-47-29-14-8-24(42)18-31(29)49-51)46-39(45-37)57-28-13-17-34(36(54)21-28)52-48-30-15-9-25(43)19-32(30)50-52/h6-21,53-54H,22H2,1-5H3. The van der Waals surface area contributed by atoms with E-state index in [2.05, 4.69) is 70.0 Å². The number of fused-ring (bicyclic) bond motifs is 2. The Morgan fingerprint density at radius 2 is 0.912 bits per heavy atom. The number of halogens is 2. The van der Waals surface area contributed by atoms with Crippen molar-refractivity contribution in [2.45, 2.75) is 46.5 Å². The molecule has 3 aromatic heterocycles. The Bertz CT molecular complexity index is 2630. The van der Waals surface area contributed by atoms with Crippen molar-refractivity contribution in [2.75, 3.05) is 0 Å². The number of nitrogens with zero attached hydrogens (tertiary/aromatic N) is 9. The van der Waals surface area contributed by atoms with Gasteiger partial charge in [0, 0.05) is 22.2 Å². The summed E-state index contributed by atoms with van der Waals surface area (Å²) in [6.45, 7) is 11.1. The van der Waals surface area contributed by atoms with E-state index in [0.29, 0.717) is 49.2 Å². The number of rotatable bonds is 10. The monoisotopic (exact) mass is 803 g/mol. The van der Waals surface area contributed by atoms with Crippen molar-refractivity contribution in [3.63, 3.8) is 0 Å². The van der Waals surface area contributed by atoms with E-state index in [9.17, 15) is 10.2 Å². The van der Waals surface area contributed by atoms with Crippen LogP contribution in [-0.4, -0.2) is 55.2 Å². The first-order chi connectivity index (χ1) is 27.1. The number of ether oxygens (including phenoxy) is 3. The summed E-state index contributed by atoms with van der Waals surface area (Å²) in [5.41, 5.74) is 4.17. The molecule has 0 aliphatic carbocycles. The summed E-state index contributed by atoms with van der Waals surface area (Å²) in [5, 5.41) is 40.7. The summed E-state index contributed by atoms with van der Waals surface area (Å²) in [7, 11) is 0. The summed E-state index contributed by atoms with van der Waals surface area (Å²) in [6.07, 6.45) is 0.982. The first-order valence-corrected chi connectivity index (χ1v) is 18.5. The zero-order valence-electron chi connectivity index (χ0n) is 31.3. The van der Waals surface area contributed by atoms with Gasteiger partial charge in [0.1, 0.15) is 62.2 Å². The SMILES string of the molecule is CC(C)(C)CC(C)(C)c1ccc(Oc2nc(Oc3ccc(-n4nc5ccc(Cl)cc5n4)c(O)c3)nc(Oc3ccc(-n4nc5ccc(Cl)cc5n4)c(O)c3)n2)cc1. The molecule has 5 aromatic carbocycles. The highest BCUT2D eigenvalue weighted by Crippen LogP contribution is 2.38. The number of aromatic nitrogens is 9. The smallest absolute Gasteiger partial charge is 0.331 e. The number of phenols is 2. The van der Waals surface area contributed by atoms with Gasteiger partial charge in [-0.2, -0.15) is 0 Å². The Hall–Kier alpha value is -6.51. The van der Waals surface area contributed by atoms with E-state index >= 15 is 0 Å². The van der Waals surface area contributed by atoms with E-state index in [1.165, 1.54) is 21.7 Å². The molecule has 8 rings (SSSR count). The van der Waals surface area contributed by atoms with Crippen molar-refractivity contribution in [1.82, 2.24) is 44.9 Å². The Morgan fingerprint density at radius 1 is 0.509 bits per heavy atom. The lowest BCUT2D eigenvalue weighted by atomic mass is 9.72. The molecule has 0 aliphatic heterocycles. The molecule has 14 nitrogen and oxygen atoms in total. The maximum atomic E-state index is 11.0. The lowest BCUT2D eigenvalue weighted by molar-refractivity contribution is 0.284. The maximum Gasteiger partial charge on any atom is 0.331 e. The molecule has 16 heteroatoms. The van der Waals surface area contributed by atoms with E-state index in [-0.39, 0.29) is 51.9 Å². The fraction of sp³-hybridized carbons (Fsp3) is 0.195. The van der Waals surface area contributed by atoms with Gasteiger partial charge in [-0.3, -0.25) is 0 Å². The molecule has 0 amide bonds. The minimum Gasteiger partial charge on any atom is -0.505 e. The third kappa shape index (κ3) is 8.37. The number of aromatic hydroxyl groups is 2. The zero-order valence-corrected chi connectivity index (χ0v) is 32.9. The van der Waals surface area contributed by atoms with Gasteiger partial charge >= 0.3 is 18.0 Å². The van der Waals surface area contributed by atoms with Gasteiger partial charge in [-0.25, -0.2) is 0 Å². The van der Waals surface area contributed by atoms with Crippen LogP contribution >= 0.6 is 23.2 Å². The third-order valence-electron chi connectivity index (χ3n) is 8.82. The van der Waals surface area contributed by atoms with Crippen LogP contribution in [-0.2, 0) is 5.41 Å². The van der Waals surface area contributed by atoms with Gasteiger partial charge in [-0.1, -0.05) is 70.0 Å². The second-order valence-corrected chi connectivity index (χ2v) is 16.1. The summed E-state index contributed by atoms with van der Waals surface area (Å²) in [4.78, 5) is 15.7. The van der Waals surface area contributed by atoms with E-state index in [0.717, 1.165) is 12.0 Å². The quantitative estimate of drug-likeness (QED) is 0.134. The lowest BCUT2D eigenvalue weighted by Crippen LogP contribution is -2.24. The molecule has 2 N–H and O–H groups in total. The van der Waals surface area contributed by atoms with Gasteiger partial charge in [0.2, 0.25) is 0 Å². The van der Waals surface area contributed by atoms with Crippen LogP contribution in [0.4, 0.5) is 0 Å². The normalized spacial score (nSPS) is 12.0. The van der Waals surface area contributed by atoms with Crippen molar-refractivity contribution < 1.29 is 24.4 Å². The average molecular weight is 805 g/mol. The highest BCUT2D eigenvalue weighted by molar-refractivity contribution is 6.31. The minimum absolute atomic E-state index is 0.0719. The summed E-state index contributed by atoms with van der Waals surface area (Å²) >= 11 is 12.2. The Morgan fingerprint density at radius 3 is 1.33 bits per heavy atom. The van der Waals surface area contributed by atoms with Crippen LogP contribution in [0, 0.1) is 5.41 Å². The molecule has 0 saturated carbocycles. The predicted octanol–water partition coefficient (Wildman–Crippen LogP) is 10.1. The van der Waals surface area contributed by atoms with E-state index in [1.807, 2.05) is 24.3 Å². The largest absolute Gasteiger partial charge is 0.505 e. The van der Waals surface area contributed by atoms with Crippen molar-refractivity contribution in [2.24, 2.45) is 5.41 Å². The molecule has 3 heterocycles. The molecule has 0 bridgehead atoms. The summed E-state index contributed by atoms with van der Waals surface area (Å²) in [5.74, 6) is 0.499. The molecule has 0 aliphatic rings. The van der Waals surface area contributed by atoms with Crippen LogP contribution in [0.15, 0.2) is 97.1 Å². The Balaban J connectivity index is 1.08. The highest BCUT2D eigenvalue weighted by Gasteiger charge is 2.27. The second kappa shape index (κ2) is 14.5. The van der Waals surface area contributed by atoms with Crippen molar-refractivity contribution >= 4 is 45.3 Å². The molecule has 0 atom stereocenters. The molecule has 0 radical (unpaired) electrons. The molecule has 57 heavy (non-hydrogen) atoms. The van der Waals surface area contributed by atoms with Gasteiger partial charge in [0.05, 0.1) is 0 Å². The topological polar surface area (TPSA) is 168 Å². The van der Waals surface area contributed by atoms with Crippen molar-refractivity contribution in [3.8, 4) is 58.2 Å². The molecule has 8 aromatic rings. The first kappa shape index (κ1) is 37.4. The van der Waals surface area contributed by atoms with Gasteiger partial charge < -0.3 is 24.4 Å². The highest BCUT2D eigenvalue weighted by atomic mass is 35.5. The fourth-order valence-electron chi connectivity index (χ4n) is 6.64. The molecule has 288 valence electrons. The number of hydrogen-bond acceptors (Lipinski definition) is 12. The number of benzene rings is 5. The molecule has 0 unspecified atom stereocenters. The van der Waals surface area contributed by atoms with Gasteiger partial charge in [0.25, 0.3) is 0 Å². The predicted molar refractivity (Wildman–Crippen MR) is 215 cm³/mol. The Kier molecular flexibility index (Phi) is 9.54. The van der Waals surface area contributed by atoms with Crippen LogP contribution in [0.5, 0.6) is 46.8 Å². The fourth-order valence-corrected chi connectivity index (χ4v) is 6.97. The second-order valence-electron chi connectivity index (χ2n) is 15.2. The third-order valence-corrected chi connectivity index (χ3v) is 9.29. The van der Waals surface area contributed by atoms with Crippen LogP contribution < -0.4 is 14.2 Å². The maximum absolute atomic E-state index is 11.0. The van der Waals surface area contributed by atoms with Crippen molar-refractivity contribution in [3.05, 3.63) is 113 Å². The van der Waals surface area contributed by atoms with Crippen molar-refractivity contribution in [1.29, 1.82) is 0 Å². The van der Waals surface area contributed by atoms with Crippen LogP contribution in [0.1, 0.15) is 46.6 Å². The number of hydrogen-bond donors (Lipinski definition) is 2. The Labute approximate surface area is 336 Å². The van der Waals surface area contributed by atoms with Crippen LogP contribution in [0.2, 0.25) is 10.0 Å². The zero-order chi connectivity index (χ0) is 40.1. The average Bonchev–Trinajstić information content (AvgIpc) is 3.74. The van der Waals surface area contributed by atoms with E-state index < -0.39 is 0 Å². The molecule has 0 saturated heterocycles. The number of phenolic OH excluding ortho intramolecular Hbond substituents is 2. The van der Waals surface area contributed by atoms with Gasteiger partial charge in [0.15, 0.2) is 0 Å². The minimum atomic E-state index is -0.199. The first-order valence-electron chi connectivity index (χ1n) is 17.8. The summed E-state index contributed by atoms with van der Waals surface area (Å²) < 4.78 is 18.1. The van der Waals surface area contributed by atoms with Crippen LogP contribution in [0.25, 0.3) is 33.4 Å². The summed E-state index contributed by atoms with van der Waals surface area (Å²) in [6, 6.07) is 26.6. The van der Waals surface area contributed by atoms with E-state index in [4.69, 9.17) is 37.4 Å². The van der Waals surface area contributed by atoms with Crippen LogP contribution in [0.3, 0.4) is 0 Å². The van der Waals surface area contributed by atoms with Gasteiger partial charge in [-0.15, -0.1) is 44.9 Å².